The van der Waals surface area contributed by atoms with Crippen molar-refractivity contribution in [3.8, 4) is 0 Å². The highest BCUT2D eigenvalue weighted by molar-refractivity contribution is 5.70. The number of halogens is 2. The van der Waals surface area contributed by atoms with Gasteiger partial charge in [0.25, 0.3) is 0 Å². The number of methoxy groups -OCH3 is 1. The maximum absolute atomic E-state index is 12.2. The Labute approximate surface area is 170 Å². The van der Waals surface area contributed by atoms with Crippen LogP contribution in [0, 0.1) is 25.5 Å². The molecule has 1 nitrogen and oxygen atoms in total. The van der Waals surface area contributed by atoms with Gasteiger partial charge in [-0.15, -0.1) is 0 Å². The van der Waals surface area contributed by atoms with Gasteiger partial charge in [-0.1, -0.05) is 63.1 Å². The summed E-state index contributed by atoms with van der Waals surface area (Å²) in [5, 5.41) is 0. The Morgan fingerprint density at radius 1 is 0.893 bits per heavy atom. The van der Waals surface area contributed by atoms with Crippen LogP contribution >= 0.6 is 0 Å². The number of benzene rings is 2. The highest BCUT2D eigenvalue weighted by Gasteiger charge is 2.11. The van der Waals surface area contributed by atoms with E-state index >= 15 is 0 Å². The van der Waals surface area contributed by atoms with Crippen LogP contribution in [-0.4, -0.2) is 14.2 Å². The Kier molecular flexibility index (Phi) is 13.9. The summed E-state index contributed by atoms with van der Waals surface area (Å²) in [4.78, 5) is 0. The molecule has 0 bridgehead atoms. The first-order valence-corrected chi connectivity index (χ1v) is 10.0. The van der Waals surface area contributed by atoms with Crippen molar-refractivity contribution in [1.82, 2.24) is 0 Å². The molecule has 0 unspecified atom stereocenters. The van der Waals surface area contributed by atoms with Gasteiger partial charge >= 0.3 is 0 Å². The fourth-order valence-electron chi connectivity index (χ4n) is 2.86. The van der Waals surface area contributed by atoms with E-state index in [-0.39, 0.29) is 0 Å². The zero-order valence-electron chi connectivity index (χ0n) is 18.5. The van der Waals surface area contributed by atoms with Crippen LogP contribution in [0.15, 0.2) is 42.5 Å². The molecule has 0 aromatic heterocycles. The fraction of sp³-hybridized carbons (Fsp3) is 0.440. The molecule has 2 aromatic rings. The molecule has 1 aliphatic rings. The lowest BCUT2D eigenvalue weighted by atomic mass is 9.88. The molecule has 0 N–H and O–H groups in total. The predicted molar refractivity (Wildman–Crippen MR) is 118 cm³/mol. The van der Waals surface area contributed by atoms with Crippen molar-refractivity contribution >= 4 is 5.57 Å². The highest BCUT2D eigenvalue weighted by atomic mass is 19.2. The molecule has 0 aliphatic heterocycles. The molecule has 156 valence electrons. The van der Waals surface area contributed by atoms with E-state index in [2.05, 4.69) is 42.9 Å². The van der Waals surface area contributed by atoms with Crippen molar-refractivity contribution in [3.63, 3.8) is 0 Å². The van der Waals surface area contributed by atoms with E-state index in [4.69, 9.17) is 0 Å². The van der Waals surface area contributed by atoms with Gasteiger partial charge in [-0.05, 0) is 67.5 Å². The zero-order valence-corrected chi connectivity index (χ0v) is 18.5. The van der Waals surface area contributed by atoms with Gasteiger partial charge in [-0.2, -0.15) is 0 Å². The molecule has 0 spiro atoms. The molecule has 0 saturated heterocycles. The lowest BCUT2D eigenvalue weighted by Gasteiger charge is -2.17. The van der Waals surface area contributed by atoms with Crippen LogP contribution in [0.1, 0.15) is 62.3 Å². The molecule has 3 rings (SSSR count). The molecule has 0 heterocycles. The molecule has 0 fully saturated rings. The van der Waals surface area contributed by atoms with Gasteiger partial charge in [-0.3, -0.25) is 0 Å². The van der Waals surface area contributed by atoms with Crippen LogP contribution in [0.3, 0.4) is 0 Å². The smallest absolute Gasteiger partial charge is 0.159 e. The Morgan fingerprint density at radius 2 is 1.46 bits per heavy atom. The van der Waals surface area contributed by atoms with Crippen LogP contribution in [0.25, 0.3) is 5.57 Å². The van der Waals surface area contributed by atoms with Crippen molar-refractivity contribution in [3.05, 3.63) is 76.4 Å². The Morgan fingerprint density at radius 3 is 2.00 bits per heavy atom. The van der Waals surface area contributed by atoms with E-state index in [9.17, 15) is 8.78 Å². The quantitative estimate of drug-likeness (QED) is 0.511. The van der Waals surface area contributed by atoms with Crippen LogP contribution in [0.4, 0.5) is 8.78 Å². The third-order valence-corrected chi connectivity index (χ3v) is 4.01. The molecule has 0 amide bonds. The van der Waals surface area contributed by atoms with Crippen LogP contribution in [-0.2, 0) is 11.2 Å². The lowest BCUT2D eigenvalue weighted by molar-refractivity contribution is 0.277. The monoisotopic (exact) mass is 390 g/mol. The standard InChI is InChI=1S/C14H18.C7H6F2.C2H6O.C2H6/c1-3-5-12-6-4-7-13-10-11(2)8-9-14(12)13;1-5-2-3-6(8)7(9)4-5;1-3-2;1-2/h6,8-10H,3-5,7H2,1-2H3;2-4H,1H3;1-2H3;1-2H3. The van der Waals surface area contributed by atoms with E-state index < -0.39 is 11.6 Å². The number of hydrogen-bond acceptors (Lipinski definition) is 1. The van der Waals surface area contributed by atoms with Crippen molar-refractivity contribution in [2.75, 3.05) is 14.2 Å². The summed E-state index contributed by atoms with van der Waals surface area (Å²) in [6.07, 6.45) is 7.35. The topological polar surface area (TPSA) is 9.23 Å². The van der Waals surface area contributed by atoms with Gasteiger partial charge in [0.15, 0.2) is 11.6 Å². The molecule has 2 aromatic carbocycles. The number of rotatable bonds is 2. The van der Waals surface area contributed by atoms with Gasteiger partial charge in [0, 0.05) is 14.2 Å². The van der Waals surface area contributed by atoms with Crippen LogP contribution in [0.2, 0.25) is 0 Å². The second-order valence-electron chi connectivity index (χ2n) is 6.50. The summed E-state index contributed by atoms with van der Waals surface area (Å²) < 4.78 is 28.6. The van der Waals surface area contributed by atoms with E-state index in [0.717, 1.165) is 17.7 Å². The Hall–Kier alpha value is -2.00. The lowest BCUT2D eigenvalue weighted by Crippen LogP contribution is -2.00. The maximum atomic E-state index is 12.2. The summed E-state index contributed by atoms with van der Waals surface area (Å²) in [5.41, 5.74) is 6.74. The number of ether oxygens (including phenoxy) is 1. The largest absolute Gasteiger partial charge is 0.388 e. The van der Waals surface area contributed by atoms with Gasteiger partial charge in [0.1, 0.15) is 0 Å². The first-order chi connectivity index (χ1) is 13.4. The fourth-order valence-corrected chi connectivity index (χ4v) is 2.86. The second kappa shape index (κ2) is 15.0. The molecular formula is C25H36F2O. The molecule has 0 radical (unpaired) electrons. The molecule has 3 heteroatoms. The predicted octanol–water partition coefficient (Wildman–Crippen LogP) is 7.69. The first kappa shape index (κ1) is 26.0. The van der Waals surface area contributed by atoms with Crippen molar-refractivity contribution < 1.29 is 13.5 Å². The summed E-state index contributed by atoms with van der Waals surface area (Å²) >= 11 is 0. The SMILES string of the molecule is CC.CCCC1=CCCc2cc(C)ccc21.COC.Cc1ccc(F)c(F)c1. The summed E-state index contributed by atoms with van der Waals surface area (Å²) in [6, 6.07) is 10.7. The molecular weight excluding hydrogens is 354 g/mol. The summed E-state index contributed by atoms with van der Waals surface area (Å²) in [7, 11) is 3.25. The number of fused-ring (bicyclic) bond motifs is 1. The third-order valence-electron chi connectivity index (χ3n) is 4.01. The first-order valence-electron chi connectivity index (χ1n) is 10.0. The number of hydrogen-bond donors (Lipinski definition) is 0. The average molecular weight is 391 g/mol. The van der Waals surface area contributed by atoms with Crippen molar-refractivity contribution in [1.29, 1.82) is 0 Å². The van der Waals surface area contributed by atoms with Gasteiger partial charge in [0.2, 0.25) is 0 Å². The highest BCUT2D eigenvalue weighted by Crippen LogP contribution is 2.30. The minimum Gasteiger partial charge on any atom is -0.388 e. The normalized spacial score (nSPS) is 11.4. The van der Waals surface area contributed by atoms with E-state index in [1.807, 2.05) is 13.8 Å². The van der Waals surface area contributed by atoms with Gasteiger partial charge in [-0.25, -0.2) is 8.78 Å². The van der Waals surface area contributed by atoms with Crippen molar-refractivity contribution in [2.45, 2.75) is 60.3 Å². The Bertz CT molecular complexity index is 720. The van der Waals surface area contributed by atoms with Crippen molar-refractivity contribution in [2.24, 2.45) is 0 Å². The average Bonchev–Trinajstić information content (AvgIpc) is 2.68. The van der Waals surface area contributed by atoms with Crippen LogP contribution in [0.5, 0.6) is 0 Å². The van der Waals surface area contributed by atoms with E-state index in [1.54, 1.807) is 32.3 Å². The van der Waals surface area contributed by atoms with Gasteiger partial charge < -0.3 is 4.74 Å². The maximum Gasteiger partial charge on any atom is 0.159 e. The van der Waals surface area contributed by atoms with Gasteiger partial charge in [0.05, 0.1) is 0 Å². The third kappa shape index (κ3) is 9.27. The Balaban J connectivity index is 0.000000449. The van der Waals surface area contributed by atoms with E-state index in [0.29, 0.717) is 0 Å². The molecule has 1 aliphatic carbocycles. The van der Waals surface area contributed by atoms with Crippen LogP contribution < -0.4 is 0 Å². The number of aryl methyl sites for hydroxylation is 3. The van der Waals surface area contributed by atoms with E-state index in [1.165, 1.54) is 42.9 Å². The minimum absolute atomic E-state index is 0.730. The number of allylic oxidation sites excluding steroid dienone is 2. The molecule has 28 heavy (non-hydrogen) atoms. The molecule has 0 atom stereocenters. The molecule has 0 saturated carbocycles. The summed E-state index contributed by atoms with van der Waals surface area (Å²) in [5.74, 6) is -1.57. The second-order valence-corrected chi connectivity index (χ2v) is 6.50. The zero-order chi connectivity index (χ0) is 21.5. The summed E-state index contributed by atoms with van der Waals surface area (Å²) in [6.45, 7) is 10.1. The minimum atomic E-state index is -0.791.